The van der Waals surface area contributed by atoms with E-state index in [0.717, 1.165) is 28.8 Å². The zero-order valence-corrected chi connectivity index (χ0v) is 16.4. The van der Waals surface area contributed by atoms with Crippen molar-refractivity contribution in [1.82, 2.24) is 0 Å². The van der Waals surface area contributed by atoms with Crippen molar-refractivity contribution in [2.45, 2.75) is 51.9 Å². The largest absolute Gasteiger partial charge is 0.508 e. The molecule has 2 nitrogen and oxygen atoms in total. The number of benzene rings is 2. The zero-order chi connectivity index (χ0) is 18.3. The van der Waals surface area contributed by atoms with E-state index in [2.05, 4.69) is 34.6 Å². The summed E-state index contributed by atoms with van der Waals surface area (Å²) in [6.07, 6.45) is 0.742. The van der Waals surface area contributed by atoms with E-state index in [4.69, 9.17) is 28.9 Å². The maximum Gasteiger partial charge on any atom is 0.117 e. The minimum Gasteiger partial charge on any atom is -0.508 e. The van der Waals surface area contributed by atoms with Crippen molar-refractivity contribution in [1.29, 1.82) is 0 Å². The third-order valence-corrected chi connectivity index (χ3v) is 4.87. The van der Waals surface area contributed by atoms with Crippen molar-refractivity contribution in [3.63, 3.8) is 0 Å². The smallest absolute Gasteiger partial charge is 0.117 e. The lowest BCUT2D eigenvalue weighted by atomic mass is 9.78. The molecule has 0 aliphatic carbocycles. The van der Waals surface area contributed by atoms with E-state index in [1.807, 2.05) is 18.2 Å². The molecule has 0 bridgehead atoms. The Morgan fingerprint density at radius 3 is 2.08 bits per heavy atom. The Labute approximate surface area is 154 Å². The molecule has 3 N–H and O–H groups in total. The lowest BCUT2D eigenvalue weighted by Gasteiger charge is -2.28. The molecule has 2 rings (SSSR count). The van der Waals surface area contributed by atoms with Crippen molar-refractivity contribution in [2.75, 3.05) is 5.73 Å². The molecule has 4 heteroatoms. The molecular weight excluding hydrogens is 341 g/mol. The van der Waals surface area contributed by atoms with E-state index in [1.165, 1.54) is 0 Å². The summed E-state index contributed by atoms with van der Waals surface area (Å²) in [5, 5.41) is 10.8. The lowest BCUT2D eigenvalue weighted by Crippen LogP contribution is -2.22. The van der Waals surface area contributed by atoms with Crippen LogP contribution in [-0.4, -0.2) is 5.11 Å². The number of halogens is 2. The van der Waals surface area contributed by atoms with Gasteiger partial charge in [-0.1, -0.05) is 63.9 Å². The van der Waals surface area contributed by atoms with Crippen LogP contribution in [0.15, 0.2) is 30.3 Å². The summed E-state index contributed by atoms with van der Waals surface area (Å²) in [6.45, 7) is 10.5. The second kappa shape index (κ2) is 6.50. The quantitative estimate of drug-likeness (QED) is 0.645. The van der Waals surface area contributed by atoms with E-state index in [-0.39, 0.29) is 16.6 Å². The Morgan fingerprint density at radius 2 is 1.58 bits per heavy atom. The molecule has 130 valence electrons. The summed E-state index contributed by atoms with van der Waals surface area (Å²) < 4.78 is 0. The van der Waals surface area contributed by atoms with Gasteiger partial charge in [0.2, 0.25) is 0 Å². The predicted molar refractivity (Wildman–Crippen MR) is 104 cm³/mol. The Kier molecular flexibility index (Phi) is 5.13. The van der Waals surface area contributed by atoms with Gasteiger partial charge in [-0.25, -0.2) is 0 Å². The van der Waals surface area contributed by atoms with Crippen molar-refractivity contribution < 1.29 is 5.11 Å². The molecule has 0 atom stereocenters. The Bertz CT molecular complexity index is 738. The van der Waals surface area contributed by atoms with Crippen molar-refractivity contribution in [3.05, 3.63) is 57.1 Å². The van der Waals surface area contributed by atoms with Crippen LogP contribution in [-0.2, 0) is 17.3 Å². The van der Waals surface area contributed by atoms with Crippen LogP contribution in [0.25, 0.3) is 0 Å². The van der Waals surface area contributed by atoms with Gasteiger partial charge in [-0.3, -0.25) is 0 Å². The van der Waals surface area contributed by atoms with Gasteiger partial charge in [0.1, 0.15) is 5.75 Å². The minimum absolute atomic E-state index is 0.102. The Balaban J connectivity index is 2.40. The Hall–Kier alpha value is -1.38. The number of nitrogen functional groups attached to an aromatic ring is 1. The first-order valence-electron chi connectivity index (χ1n) is 7.99. The second-order valence-electron chi connectivity index (χ2n) is 8.02. The van der Waals surface area contributed by atoms with E-state index in [1.54, 1.807) is 12.1 Å². The van der Waals surface area contributed by atoms with Crippen LogP contribution in [0.2, 0.25) is 10.0 Å². The second-order valence-corrected chi connectivity index (χ2v) is 8.83. The maximum atomic E-state index is 9.55. The summed E-state index contributed by atoms with van der Waals surface area (Å²) in [5.74, 6) is 0.168. The first-order valence-corrected chi connectivity index (χ1v) is 8.75. The van der Waals surface area contributed by atoms with E-state index in [0.29, 0.717) is 10.0 Å². The van der Waals surface area contributed by atoms with Gasteiger partial charge in [0.15, 0.2) is 0 Å². The third kappa shape index (κ3) is 3.99. The number of phenolic OH excluding ortho intramolecular Hbond substituents is 1. The first-order chi connectivity index (χ1) is 10.9. The normalized spacial score (nSPS) is 12.5. The zero-order valence-electron chi connectivity index (χ0n) is 14.9. The van der Waals surface area contributed by atoms with Crippen molar-refractivity contribution >= 4 is 28.9 Å². The van der Waals surface area contributed by atoms with Gasteiger partial charge in [-0.15, -0.1) is 0 Å². The molecule has 0 spiro atoms. The number of aromatic hydroxyl groups is 1. The highest BCUT2D eigenvalue weighted by Crippen LogP contribution is 2.39. The standard InChI is InChI=1S/C20H25Cl2NO/c1-19(2,3)18-16(22)8-12(9-17(18)23)11-20(4,5)14-7-6-13(24)10-15(14)21/h6-10,24H,11,23H2,1-5H3. The molecule has 0 aromatic heterocycles. The van der Waals surface area contributed by atoms with E-state index >= 15 is 0 Å². The molecule has 0 amide bonds. The fraction of sp³-hybridized carbons (Fsp3) is 0.400. The summed E-state index contributed by atoms with van der Waals surface area (Å²) in [7, 11) is 0. The van der Waals surface area contributed by atoms with E-state index in [9.17, 15) is 5.11 Å². The predicted octanol–water partition coefficient (Wildman–Crippen LogP) is 6.10. The topological polar surface area (TPSA) is 46.2 Å². The van der Waals surface area contributed by atoms with Gasteiger partial charge < -0.3 is 10.8 Å². The number of anilines is 1. The van der Waals surface area contributed by atoms with Gasteiger partial charge in [-0.05, 0) is 58.2 Å². The van der Waals surface area contributed by atoms with Gasteiger partial charge >= 0.3 is 0 Å². The summed E-state index contributed by atoms with van der Waals surface area (Å²) in [4.78, 5) is 0. The molecule has 24 heavy (non-hydrogen) atoms. The minimum atomic E-state index is -0.218. The molecule has 0 heterocycles. The molecule has 0 aliphatic heterocycles. The van der Waals surface area contributed by atoms with Crippen molar-refractivity contribution in [2.24, 2.45) is 0 Å². The molecule has 0 saturated heterocycles. The van der Waals surface area contributed by atoms with Crippen LogP contribution in [0.3, 0.4) is 0 Å². The first kappa shape index (κ1) is 19.0. The summed E-state index contributed by atoms with van der Waals surface area (Å²) >= 11 is 12.8. The number of hydrogen-bond acceptors (Lipinski definition) is 2. The average molecular weight is 366 g/mol. The SMILES string of the molecule is CC(C)(C)c1c(N)cc(CC(C)(C)c2ccc(O)cc2Cl)cc1Cl. The fourth-order valence-electron chi connectivity index (χ4n) is 3.24. The van der Waals surface area contributed by atoms with Gasteiger partial charge in [0, 0.05) is 15.7 Å². The molecule has 2 aromatic rings. The molecule has 0 aliphatic rings. The molecule has 2 aromatic carbocycles. The van der Waals surface area contributed by atoms with Gasteiger partial charge in [0.25, 0.3) is 0 Å². The number of nitrogens with two attached hydrogens (primary N) is 1. The monoisotopic (exact) mass is 365 g/mol. The van der Waals surface area contributed by atoms with Crippen molar-refractivity contribution in [3.8, 4) is 5.75 Å². The maximum absolute atomic E-state index is 9.55. The average Bonchev–Trinajstić information content (AvgIpc) is 2.34. The third-order valence-electron chi connectivity index (χ3n) is 4.26. The number of rotatable bonds is 3. The molecule has 0 radical (unpaired) electrons. The Morgan fingerprint density at radius 1 is 0.958 bits per heavy atom. The lowest BCUT2D eigenvalue weighted by molar-refractivity contribution is 0.472. The number of hydrogen-bond donors (Lipinski definition) is 2. The van der Waals surface area contributed by atoms with Crippen LogP contribution in [0, 0.1) is 0 Å². The van der Waals surface area contributed by atoms with Gasteiger partial charge in [0.05, 0.1) is 0 Å². The summed E-state index contributed by atoms with van der Waals surface area (Å²) in [5.41, 5.74) is 9.70. The van der Waals surface area contributed by atoms with Crippen LogP contribution in [0.1, 0.15) is 51.3 Å². The molecule has 0 unspecified atom stereocenters. The number of phenols is 1. The highest BCUT2D eigenvalue weighted by molar-refractivity contribution is 6.32. The van der Waals surface area contributed by atoms with E-state index < -0.39 is 0 Å². The van der Waals surface area contributed by atoms with Crippen LogP contribution < -0.4 is 5.73 Å². The van der Waals surface area contributed by atoms with Gasteiger partial charge in [-0.2, -0.15) is 0 Å². The highest BCUT2D eigenvalue weighted by atomic mass is 35.5. The fourth-order valence-corrected chi connectivity index (χ4v) is 4.20. The molecule has 0 fully saturated rings. The summed E-state index contributed by atoms with van der Waals surface area (Å²) in [6, 6.07) is 9.10. The van der Waals surface area contributed by atoms with Crippen LogP contribution in [0.5, 0.6) is 5.75 Å². The van der Waals surface area contributed by atoms with Crippen LogP contribution in [0.4, 0.5) is 5.69 Å². The van der Waals surface area contributed by atoms with Crippen LogP contribution >= 0.6 is 23.2 Å². The highest BCUT2D eigenvalue weighted by Gasteiger charge is 2.26. The molecule has 0 saturated carbocycles. The molecular formula is C20H25Cl2NO.